The van der Waals surface area contributed by atoms with Crippen LogP contribution in [0.4, 0.5) is 4.39 Å². The van der Waals surface area contributed by atoms with E-state index in [1.165, 1.54) is 23.5 Å². The molecule has 24 heavy (non-hydrogen) atoms. The van der Waals surface area contributed by atoms with Crippen LogP contribution in [0, 0.1) is 11.7 Å². The maximum Gasteiger partial charge on any atom is 0.271 e. The summed E-state index contributed by atoms with van der Waals surface area (Å²) in [6, 6.07) is 5.88. The van der Waals surface area contributed by atoms with Crippen molar-refractivity contribution in [2.24, 2.45) is 11.7 Å². The van der Waals surface area contributed by atoms with E-state index in [1.807, 2.05) is 6.92 Å². The van der Waals surface area contributed by atoms with Crippen molar-refractivity contribution in [3.05, 3.63) is 51.2 Å². The van der Waals surface area contributed by atoms with Crippen molar-refractivity contribution < 1.29 is 14.3 Å². The van der Waals surface area contributed by atoms with E-state index in [0.717, 1.165) is 10.4 Å². The van der Waals surface area contributed by atoms with Crippen LogP contribution in [0.25, 0.3) is 0 Å². The van der Waals surface area contributed by atoms with Crippen LogP contribution in [-0.4, -0.2) is 27.6 Å². The second-order valence-corrected chi connectivity index (χ2v) is 6.98. The van der Waals surface area contributed by atoms with Gasteiger partial charge in [0.2, 0.25) is 0 Å². The summed E-state index contributed by atoms with van der Waals surface area (Å²) in [6.45, 7) is 2.14. The van der Waals surface area contributed by atoms with Crippen molar-refractivity contribution in [2.45, 2.75) is 19.9 Å². The molecule has 1 amide bonds. The van der Waals surface area contributed by atoms with Crippen molar-refractivity contribution >= 4 is 34.5 Å². The Morgan fingerprint density at radius 1 is 1.46 bits per heavy atom. The quantitative estimate of drug-likeness (QED) is 0.652. The second-order valence-electron chi connectivity index (χ2n) is 5.46. The first-order valence-electron chi connectivity index (χ1n) is 7.33. The number of thiocarbonyl (C=S) groups is 1. The van der Waals surface area contributed by atoms with Crippen LogP contribution in [0.3, 0.4) is 0 Å². The number of benzene rings is 1. The number of hydrogen-bond acceptors (Lipinski definition) is 5. The first-order valence-corrected chi connectivity index (χ1v) is 8.56. The molecule has 2 rings (SSSR count). The molecule has 0 aliphatic carbocycles. The van der Waals surface area contributed by atoms with Crippen LogP contribution >= 0.6 is 23.6 Å². The van der Waals surface area contributed by atoms with Gasteiger partial charge in [0.25, 0.3) is 5.91 Å². The Bertz CT molecular complexity index is 731. The summed E-state index contributed by atoms with van der Waals surface area (Å²) in [5.41, 5.74) is 6.65. The van der Waals surface area contributed by atoms with Gasteiger partial charge in [-0.25, -0.2) is 9.37 Å². The molecule has 0 radical (unpaired) electrons. The fourth-order valence-corrected chi connectivity index (χ4v) is 3.27. The van der Waals surface area contributed by atoms with Crippen molar-refractivity contribution in [1.29, 1.82) is 0 Å². The van der Waals surface area contributed by atoms with Gasteiger partial charge in [-0.3, -0.25) is 4.79 Å². The molecule has 1 aromatic heterocycles. The number of rotatable bonds is 7. The van der Waals surface area contributed by atoms with Gasteiger partial charge in [-0.1, -0.05) is 31.3 Å². The Labute approximate surface area is 148 Å². The van der Waals surface area contributed by atoms with Gasteiger partial charge in [0, 0.05) is 18.0 Å². The van der Waals surface area contributed by atoms with Crippen LogP contribution < -0.4 is 11.1 Å². The second kappa shape index (κ2) is 8.27. The molecular formula is C16H18FN3O2S2. The molecule has 5 nitrogen and oxygen atoms in total. The molecule has 8 heteroatoms. The Kier molecular flexibility index (Phi) is 6.36. The molecule has 0 spiro atoms. The Morgan fingerprint density at radius 2 is 2.12 bits per heavy atom. The average Bonchev–Trinajstić information content (AvgIpc) is 2.98. The molecule has 0 aliphatic heterocycles. The first-order chi connectivity index (χ1) is 11.4. The van der Waals surface area contributed by atoms with Crippen molar-refractivity contribution in [2.75, 3.05) is 6.61 Å². The lowest BCUT2D eigenvalue weighted by Crippen LogP contribution is -2.25. The molecular weight excluding hydrogens is 349 g/mol. The van der Waals surface area contributed by atoms with Gasteiger partial charge in [0.05, 0.1) is 0 Å². The Hall–Kier alpha value is -1.90. The van der Waals surface area contributed by atoms with Gasteiger partial charge in [-0.2, -0.15) is 0 Å². The van der Waals surface area contributed by atoms with Gasteiger partial charge >= 0.3 is 0 Å². The summed E-state index contributed by atoms with van der Waals surface area (Å²) >= 11 is 6.19. The van der Waals surface area contributed by atoms with E-state index in [1.54, 1.807) is 12.1 Å². The van der Waals surface area contributed by atoms with Gasteiger partial charge in [-0.05, 0) is 30.0 Å². The van der Waals surface area contributed by atoms with E-state index >= 15 is 0 Å². The predicted molar refractivity (Wildman–Crippen MR) is 95.5 cm³/mol. The highest BCUT2D eigenvalue weighted by Gasteiger charge is 2.20. The van der Waals surface area contributed by atoms with E-state index in [-0.39, 0.29) is 41.5 Å². The topological polar surface area (TPSA) is 88.2 Å². The fourth-order valence-electron chi connectivity index (χ4n) is 2.02. The van der Waals surface area contributed by atoms with Crippen LogP contribution in [0.15, 0.2) is 24.3 Å². The predicted octanol–water partition coefficient (Wildman–Crippen LogP) is 2.02. The number of carbonyl (C=O) groups is 1. The SMILES string of the molecule is CC(CO)Cc1sc(C(N)=S)nc1C(=O)NCc1ccc(F)cc1. The number of nitrogens with two attached hydrogens (primary N) is 1. The highest BCUT2D eigenvalue weighted by molar-refractivity contribution is 7.81. The molecule has 1 atom stereocenters. The summed E-state index contributed by atoms with van der Waals surface area (Å²) in [5, 5.41) is 12.4. The molecule has 0 fully saturated rings. The summed E-state index contributed by atoms with van der Waals surface area (Å²) < 4.78 is 12.9. The van der Waals surface area contributed by atoms with Gasteiger partial charge in [-0.15, -0.1) is 11.3 Å². The zero-order valence-electron chi connectivity index (χ0n) is 13.1. The molecule has 0 saturated carbocycles. The third-order valence-electron chi connectivity index (χ3n) is 3.34. The third-order valence-corrected chi connectivity index (χ3v) is 4.77. The molecule has 0 bridgehead atoms. The van der Waals surface area contributed by atoms with E-state index in [9.17, 15) is 14.3 Å². The molecule has 0 saturated heterocycles. The molecule has 0 aliphatic rings. The smallest absolute Gasteiger partial charge is 0.271 e. The zero-order chi connectivity index (χ0) is 17.7. The highest BCUT2D eigenvalue weighted by atomic mass is 32.1. The van der Waals surface area contributed by atoms with Gasteiger partial charge in [0.15, 0.2) is 5.01 Å². The van der Waals surface area contributed by atoms with Gasteiger partial charge < -0.3 is 16.2 Å². The lowest BCUT2D eigenvalue weighted by Gasteiger charge is -2.08. The van der Waals surface area contributed by atoms with E-state index in [4.69, 9.17) is 18.0 Å². The number of nitrogens with one attached hydrogen (secondary N) is 1. The maximum atomic E-state index is 12.9. The Morgan fingerprint density at radius 3 is 2.71 bits per heavy atom. The number of amides is 1. The fraction of sp³-hybridized carbons (Fsp3) is 0.312. The Balaban J connectivity index is 2.14. The van der Waals surface area contributed by atoms with Crippen LogP contribution in [-0.2, 0) is 13.0 Å². The number of nitrogens with zero attached hydrogens (tertiary/aromatic N) is 1. The number of carbonyl (C=O) groups excluding carboxylic acids is 1. The van der Waals surface area contributed by atoms with Crippen molar-refractivity contribution in [1.82, 2.24) is 10.3 Å². The minimum absolute atomic E-state index is 0.00621. The zero-order valence-corrected chi connectivity index (χ0v) is 14.7. The highest BCUT2D eigenvalue weighted by Crippen LogP contribution is 2.22. The number of aromatic nitrogens is 1. The van der Waals surface area contributed by atoms with Gasteiger partial charge in [0.1, 0.15) is 16.5 Å². The standard InChI is InChI=1S/C16H18FN3O2S2/c1-9(8-21)6-12-13(20-16(24-12)14(18)23)15(22)19-7-10-2-4-11(17)5-3-10/h2-5,9,21H,6-8H2,1H3,(H2,18,23)(H,19,22). The number of aliphatic hydroxyl groups excluding tert-OH is 1. The number of hydrogen-bond donors (Lipinski definition) is 3. The molecule has 2 aromatic rings. The average molecular weight is 367 g/mol. The molecule has 1 heterocycles. The minimum Gasteiger partial charge on any atom is -0.396 e. The van der Waals surface area contributed by atoms with Crippen LogP contribution in [0.1, 0.15) is 32.9 Å². The number of thiazole rings is 1. The monoisotopic (exact) mass is 367 g/mol. The normalized spacial score (nSPS) is 12.0. The van der Waals surface area contributed by atoms with E-state index < -0.39 is 0 Å². The van der Waals surface area contributed by atoms with Crippen LogP contribution in [0.2, 0.25) is 0 Å². The summed E-state index contributed by atoms with van der Waals surface area (Å²) in [4.78, 5) is 17.5. The van der Waals surface area contributed by atoms with Crippen LogP contribution in [0.5, 0.6) is 0 Å². The molecule has 128 valence electrons. The molecule has 4 N–H and O–H groups in total. The number of aliphatic hydroxyl groups is 1. The van der Waals surface area contributed by atoms with Crippen molar-refractivity contribution in [3.63, 3.8) is 0 Å². The largest absolute Gasteiger partial charge is 0.396 e. The summed E-state index contributed by atoms with van der Waals surface area (Å²) in [7, 11) is 0. The van der Waals surface area contributed by atoms with Crippen molar-refractivity contribution in [3.8, 4) is 0 Å². The summed E-state index contributed by atoms with van der Waals surface area (Å²) in [5.74, 6) is -0.683. The molecule has 1 unspecified atom stereocenters. The maximum absolute atomic E-state index is 12.9. The summed E-state index contributed by atoms with van der Waals surface area (Å²) in [6.07, 6.45) is 0.510. The minimum atomic E-state index is -0.349. The van der Waals surface area contributed by atoms with E-state index in [2.05, 4.69) is 10.3 Å². The third kappa shape index (κ3) is 4.80. The lowest BCUT2D eigenvalue weighted by molar-refractivity contribution is 0.0945. The molecule has 1 aromatic carbocycles. The lowest BCUT2D eigenvalue weighted by atomic mass is 10.1. The first kappa shape index (κ1) is 18.4. The van der Waals surface area contributed by atoms with E-state index in [0.29, 0.717) is 11.4 Å². The number of halogens is 1.